The molecule has 0 atom stereocenters. The first-order valence-corrected chi connectivity index (χ1v) is 9.91. The van der Waals surface area contributed by atoms with Crippen LogP contribution in [0.2, 0.25) is 5.02 Å². The van der Waals surface area contributed by atoms with Gasteiger partial charge in [0.15, 0.2) is 5.17 Å². The summed E-state index contributed by atoms with van der Waals surface area (Å²) < 4.78 is 5.12. The molecule has 1 fully saturated rings. The minimum atomic E-state index is -0.0159. The summed E-state index contributed by atoms with van der Waals surface area (Å²) in [6.45, 7) is 1.74. The van der Waals surface area contributed by atoms with Gasteiger partial charge in [-0.2, -0.15) is 0 Å². The molecule has 1 amide bonds. The van der Waals surface area contributed by atoms with E-state index < -0.39 is 0 Å². The normalized spacial score (nSPS) is 17.3. The van der Waals surface area contributed by atoms with E-state index in [1.807, 2.05) is 60.7 Å². The Morgan fingerprint density at radius 3 is 2.59 bits per heavy atom. The number of ether oxygens (including phenoxy) is 1. The van der Waals surface area contributed by atoms with Gasteiger partial charge in [-0.15, -0.1) is 0 Å². The molecule has 0 unspecified atom stereocenters. The van der Waals surface area contributed by atoms with Gasteiger partial charge in [-0.1, -0.05) is 54.1 Å². The standard InChI is InChI=1S/C21H21ClN2O2S/c1-26-13-5-12-24-20(25)19(14-16-8-10-18(22)11-9-16)27-21(24)23-15-17-6-3-2-4-7-17/h2-4,6-11,14H,5,12-13,15H2,1H3/b19-14+,23-21?. The van der Waals surface area contributed by atoms with Gasteiger partial charge >= 0.3 is 0 Å². The van der Waals surface area contributed by atoms with Crippen molar-refractivity contribution in [1.29, 1.82) is 0 Å². The number of carbonyl (C=O) groups excluding carboxylic acids is 1. The first-order chi connectivity index (χ1) is 13.2. The monoisotopic (exact) mass is 400 g/mol. The number of nitrogens with zero attached hydrogens (tertiary/aromatic N) is 2. The fourth-order valence-electron chi connectivity index (χ4n) is 2.64. The number of halogens is 1. The molecule has 0 saturated carbocycles. The van der Waals surface area contributed by atoms with Crippen LogP contribution < -0.4 is 0 Å². The molecular weight excluding hydrogens is 380 g/mol. The maximum atomic E-state index is 12.9. The first-order valence-electron chi connectivity index (χ1n) is 8.71. The Balaban J connectivity index is 1.81. The molecule has 0 bridgehead atoms. The van der Waals surface area contributed by atoms with Gasteiger partial charge in [0.2, 0.25) is 0 Å². The maximum absolute atomic E-state index is 12.9. The molecule has 140 valence electrons. The molecular formula is C21H21ClN2O2S. The number of methoxy groups -OCH3 is 1. The third-order valence-electron chi connectivity index (χ3n) is 4.03. The summed E-state index contributed by atoms with van der Waals surface area (Å²) in [7, 11) is 1.66. The lowest BCUT2D eigenvalue weighted by atomic mass is 10.2. The van der Waals surface area contributed by atoms with Crippen molar-refractivity contribution >= 4 is 40.5 Å². The quantitative estimate of drug-likeness (QED) is 0.493. The van der Waals surface area contributed by atoms with Crippen LogP contribution in [0.15, 0.2) is 64.5 Å². The highest BCUT2D eigenvalue weighted by Crippen LogP contribution is 2.33. The number of benzene rings is 2. The van der Waals surface area contributed by atoms with Crippen molar-refractivity contribution in [1.82, 2.24) is 4.90 Å². The van der Waals surface area contributed by atoms with Gasteiger partial charge in [-0.05, 0) is 47.5 Å². The summed E-state index contributed by atoms with van der Waals surface area (Å²) in [6.07, 6.45) is 2.65. The molecule has 6 heteroatoms. The molecule has 27 heavy (non-hydrogen) atoms. The van der Waals surface area contributed by atoms with Crippen molar-refractivity contribution in [2.24, 2.45) is 4.99 Å². The third kappa shape index (κ3) is 5.45. The van der Waals surface area contributed by atoms with Gasteiger partial charge in [0.05, 0.1) is 11.4 Å². The van der Waals surface area contributed by atoms with Gasteiger partial charge < -0.3 is 4.74 Å². The number of carbonyl (C=O) groups is 1. The zero-order valence-electron chi connectivity index (χ0n) is 15.1. The minimum absolute atomic E-state index is 0.0159. The zero-order valence-corrected chi connectivity index (χ0v) is 16.7. The first kappa shape index (κ1) is 19.7. The van der Waals surface area contributed by atoms with E-state index in [0.29, 0.717) is 29.6 Å². The molecule has 0 radical (unpaired) electrons. The van der Waals surface area contributed by atoms with Crippen LogP contribution in [0.1, 0.15) is 17.5 Å². The van der Waals surface area contributed by atoms with Crippen molar-refractivity contribution < 1.29 is 9.53 Å². The second-order valence-corrected chi connectivity index (χ2v) is 7.50. The molecule has 1 heterocycles. The smallest absolute Gasteiger partial charge is 0.266 e. The number of hydrogen-bond donors (Lipinski definition) is 0. The fourth-order valence-corrected chi connectivity index (χ4v) is 3.77. The molecule has 1 aliphatic heterocycles. The Bertz CT molecular complexity index is 835. The van der Waals surface area contributed by atoms with E-state index in [9.17, 15) is 4.79 Å². The van der Waals surface area contributed by atoms with E-state index in [4.69, 9.17) is 21.3 Å². The number of thioether (sulfide) groups is 1. The van der Waals surface area contributed by atoms with Gasteiger partial charge in [-0.3, -0.25) is 14.7 Å². The molecule has 2 aromatic carbocycles. The number of hydrogen-bond acceptors (Lipinski definition) is 4. The lowest BCUT2D eigenvalue weighted by Crippen LogP contribution is -2.30. The van der Waals surface area contributed by atoms with Crippen molar-refractivity contribution in [3.05, 3.63) is 75.7 Å². The average molecular weight is 401 g/mol. The van der Waals surface area contributed by atoms with E-state index in [2.05, 4.69) is 0 Å². The molecule has 1 aliphatic rings. The van der Waals surface area contributed by atoms with E-state index in [1.54, 1.807) is 12.0 Å². The lowest BCUT2D eigenvalue weighted by Gasteiger charge is -2.15. The van der Waals surface area contributed by atoms with Crippen LogP contribution in [0.25, 0.3) is 6.08 Å². The molecule has 3 rings (SSSR count). The number of amides is 1. The average Bonchev–Trinajstić information content (AvgIpc) is 2.98. The lowest BCUT2D eigenvalue weighted by molar-refractivity contribution is -0.122. The van der Waals surface area contributed by atoms with Gasteiger partial charge in [0.25, 0.3) is 5.91 Å². The number of rotatable bonds is 7. The summed E-state index contributed by atoms with van der Waals surface area (Å²) >= 11 is 7.36. The Morgan fingerprint density at radius 1 is 1.15 bits per heavy atom. The number of amidine groups is 1. The molecule has 2 aromatic rings. The van der Waals surface area contributed by atoms with Gasteiger partial charge in [0, 0.05) is 25.3 Å². The van der Waals surface area contributed by atoms with Crippen LogP contribution in [-0.4, -0.2) is 36.2 Å². The van der Waals surface area contributed by atoms with E-state index >= 15 is 0 Å². The van der Waals surface area contributed by atoms with Crippen molar-refractivity contribution in [2.45, 2.75) is 13.0 Å². The maximum Gasteiger partial charge on any atom is 0.266 e. The Labute approximate surface area is 168 Å². The van der Waals surface area contributed by atoms with E-state index in [0.717, 1.165) is 22.7 Å². The van der Waals surface area contributed by atoms with Crippen LogP contribution in [-0.2, 0) is 16.1 Å². The molecule has 0 aromatic heterocycles. The third-order valence-corrected chi connectivity index (χ3v) is 5.32. The minimum Gasteiger partial charge on any atom is -0.385 e. The zero-order chi connectivity index (χ0) is 19.1. The van der Waals surface area contributed by atoms with Crippen molar-refractivity contribution in [3.63, 3.8) is 0 Å². The van der Waals surface area contributed by atoms with Crippen LogP contribution in [0.3, 0.4) is 0 Å². The summed E-state index contributed by atoms with van der Waals surface area (Å²) in [5, 5.41) is 1.41. The Morgan fingerprint density at radius 2 is 1.89 bits per heavy atom. The van der Waals surface area contributed by atoms with Crippen LogP contribution in [0, 0.1) is 0 Å². The van der Waals surface area contributed by atoms with E-state index in [-0.39, 0.29) is 5.91 Å². The molecule has 0 aliphatic carbocycles. The predicted molar refractivity (Wildman–Crippen MR) is 113 cm³/mol. The SMILES string of the molecule is COCCCN1C(=O)/C(=C\c2ccc(Cl)cc2)SC1=NCc1ccccc1. The van der Waals surface area contributed by atoms with Gasteiger partial charge in [0.1, 0.15) is 0 Å². The Hall–Kier alpha value is -2.08. The Kier molecular flexibility index (Phi) is 7.10. The molecule has 4 nitrogen and oxygen atoms in total. The van der Waals surface area contributed by atoms with Crippen LogP contribution in [0.4, 0.5) is 0 Å². The summed E-state index contributed by atoms with van der Waals surface area (Å²) in [4.78, 5) is 20.0. The topological polar surface area (TPSA) is 41.9 Å². The van der Waals surface area contributed by atoms with Crippen molar-refractivity contribution in [3.8, 4) is 0 Å². The van der Waals surface area contributed by atoms with Crippen LogP contribution in [0.5, 0.6) is 0 Å². The summed E-state index contributed by atoms with van der Waals surface area (Å²) in [6, 6.07) is 17.5. The predicted octanol–water partition coefficient (Wildman–Crippen LogP) is 4.85. The highest BCUT2D eigenvalue weighted by molar-refractivity contribution is 8.18. The molecule has 0 N–H and O–H groups in total. The summed E-state index contributed by atoms with van der Waals surface area (Å²) in [5.74, 6) is -0.0159. The second-order valence-electron chi connectivity index (χ2n) is 6.05. The highest BCUT2D eigenvalue weighted by atomic mass is 35.5. The fraction of sp³-hybridized carbons (Fsp3) is 0.238. The summed E-state index contributed by atoms with van der Waals surface area (Å²) in [5.41, 5.74) is 2.06. The second kappa shape index (κ2) is 9.74. The highest BCUT2D eigenvalue weighted by Gasteiger charge is 2.32. The van der Waals surface area contributed by atoms with Crippen molar-refractivity contribution in [2.75, 3.05) is 20.3 Å². The molecule has 1 saturated heterocycles. The van der Waals surface area contributed by atoms with Gasteiger partial charge in [-0.25, -0.2) is 0 Å². The largest absolute Gasteiger partial charge is 0.385 e. The van der Waals surface area contributed by atoms with Crippen LogP contribution >= 0.6 is 23.4 Å². The van der Waals surface area contributed by atoms with E-state index in [1.165, 1.54) is 11.8 Å². The molecule has 0 spiro atoms. The number of aliphatic imine (C=N–C) groups is 1.